The Balaban J connectivity index is 3.77. The highest BCUT2D eigenvalue weighted by molar-refractivity contribution is 5.71. The number of carboxylic acids is 1. The molecule has 1 N–H and O–H groups in total. The second-order valence-corrected chi connectivity index (χ2v) is 9.80. The molecule has 0 saturated carbocycles. The number of ether oxygens (including phenoxy) is 1. The highest BCUT2D eigenvalue weighted by Crippen LogP contribution is 2.18. The number of unbranched alkanes of at least 4 members (excludes halogenated alkanes) is 8. The van der Waals surface area contributed by atoms with E-state index in [1.807, 2.05) is 21.1 Å². The van der Waals surface area contributed by atoms with Crippen LogP contribution in [-0.2, 0) is 14.3 Å². The van der Waals surface area contributed by atoms with Crippen molar-refractivity contribution in [3.05, 3.63) is 0 Å². The van der Waals surface area contributed by atoms with Gasteiger partial charge in [0, 0.05) is 6.42 Å². The highest BCUT2D eigenvalue weighted by Gasteiger charge is 2.24. The summed E-state index contributed by atoms with van der Waals surface area (Å²) in [6.45, 7) is 5.13. The quantitative estimate of drug-likeness (QED) is 0.165. The Morgan fingerprint density at radius 2 is 1.38 bits per heavy atom. The molecule has 0 aromatic rings. The van der Waals surface area contributed by atoms with E-state index in [0.717, 1.165) is 25.2 Å². The summed E-state index contributed by atoms with van der Waals surface area (Å²) in [6, 6.07) is 0. The Hall–Kier alpha value is -1.10. The van der Waals surface area contributed by atoms with Gasteiger partial charge < -0.3 is 14.3 Å². The van der Waals surface area contributed by atoms with Crippen LogP contribution in [0.2, 0.25) is 0 Å². The molecule has 29 heavy (non-hydrogen) atoms. The first-order valence-electron chi connectivity index (χ1n) is 11.9. The van der Waals surface area contributed by atoms with Gasteiger partial charge in [-0.05, 0) is 12.3 Å². The van der Waals surface area contributed by atoms with Gasteiger partial charge in [0.25, 0.3) is 0 Å². The lowest BCUT2D eigenvalue weighted by Gasteiger charge is -2.28. The SMILES string of the molecule is CCCCCCCCC(C)CCCCCCC(=O)OC(CC(=O)O)C[N+](C)(C)C. The zero-order valence-corrected chi connectivity index (χ0v) is 19.9. The van der Waals surface area contributed by atoms with E-state index in [9.17, 15) is 9.59 Å². The van der Waals surface area contributed by atoms with Crippen LogP contribution >= 0.6 is 0 Å². The number of aliphatic carboxylic acids is 1. The molecule has 0 aliphatic heterocycles. The Morgan fingerprint density at radius 3 is 1.90 bits per heavy atom. The van der Waals surface area contributed by atoms with Crippen LogP contribution in [0.15, 0.2) is 0 Å². The molecule has 5 nitrogen and oxygen atoms in total. The van der Waals surface area contributed by atoms with Crippen LogP contribution in [0.5, 0.6) is 0 Å². The predicted molar refractivity (Wildman–Crippen MR) is 120 cm³/mol. The third-order valence-corrected chi connectivity index (χ3v) is 5.33. The minimum absolute atomic E-state index is 0.127. The summed E-state index contributed by atoms with van der Waals surface area (Å²) < 4.78 is 6.00. The topological polar surface area (TPSA) is 63.6 Å². The van der Waals surface area contributed by atoms with Gasteiger partial charge in [0.05, 0.1) is 27.6 Å². The Kier molecular flexibility index (Phi) is 16.0. The largest absolute Gasteiger partial charge is 0.481 e. The van der Waals surface area contributed by atoms with Crippen molar-refractivity contribution in [2.45, 2.75) is 110 Å². The van der Waals surface area contributed by atoms with Crippen LogP contribution in [0.4, 0.5) is 0 Å². The van der Waals surface area contributed by atoms with E-state index in [0.29, 0.717) is 17.4 Å². The first-order chi connectivity index (χ1) is 13.6. The number of rotatable bonds is 19. The Morgan fingerprint density at radius 1 is 0.862 bits per heavy atom. The standard InChI is InChI=1S/C24H47NO4/c1-6-7-8-9-10-13-16-21(2)17-14-11-12-15-18-24(28)29-22(19-23(26)27)20-25(3,4)5/h21-22H,6-20H2,1-5H3/p+1. The fourth-order valence-corrected chi connectivity index (χ4v) is 3.73. The maximum atomic E-state index is 12.1. The van der Waals surface area contributed by atoms with Crippen molar-refractivity contribution in [1.29, 1.82) is 0 Å². The van der Waals surface area contributed by atoms with Gasteiger partial charge in [-0.25, -0.2) is 0 Å². The van der Waals surface area contributed by atoms with Gasteiger partial charge in [-0.2, -0.15) is 0 Å². The number of carboxylic acid groups (broad SMARTS) is 1. The molecule has 0 bridgehead atoms. The average molecular weight is 415 g/mol. The summed E-state index contributed by atoms with van der Waals surface area (Å²) in [5.74, 6) is -0.383. The van der Waals surface area contributed by atoms with E-state index < -0.39 is 12.1 Å². The second-order valence-electron chi connectivity index (χ2n) is 9.80. The molecule has 0 aliphatic carbocycles. The average Bonchev–Trinajstić information content (AvgIpc) is 2.58. The fourth-order valence-electron chi connectivity index (χ4n) is 3.73. The van der Waals surface area contributed by atoms with E-state index in [1.54, 1.807) is 0 Å². The van der Waals surface area contributed by atoms with E-state index in [4.69, 9.17) is 9.84 Å². The first-order valence-corrected chi connectivity index (χ1v) is 11.9. The molecule has 2 unspecified atom stereocenters. The van der Waals surface area contributed by atoms with Gasteiger partial charge >= 0.3 is 11.9 Å². The van der Waals surface area contributed by atoms with Gasteiger partial charge in [0.15, 0.2) is 6.10 Å². The van der Waals surface area contributed by atoms with E-state index in [1.165, 1.54) is 57.8 Å². The lowest BCUT2D eigenvalue weighted by Crippen LogP contribution is -2.43. The zero-order chi connectivity index (χ0) is 22.1. The number of nitrogens with zero attached hydrogens (tertiary/aromatic N) is 1. The molecule has 0 heterocycles. The summed E-state index contributed by atoms with van der Waals surface area (Å²) >= 11 is 0. The maximum Gasteiger partial charge on any atom is 0.307 e. The normalized spacial score (nSPS) is 13.8. The number of esters is 1. The first kappa shape index (κ1) is 27.9. The van der Waals surface area contributed by atoms with E-state index >= 15 is 0 Å². The number of quaternary nitrogens is 1. The molecule has 5 heteroatoms. The molecule has 0 rings (SSSR count). The summed E-state index contributed by atoms with van der Waals surface area (Å²) in [7, 11) is 5.91. The molecule has 0 spiro atoms. The molecule has 0 saturated heterocycles. The number of hydrogen-bond donors (Lipinski definition) is 1. The number of carbonyl (C=O) groups is 2. The maximum absolute atomic E-state index is 12.1. The lowest BCUT2D eigenvalue weighted by molar-refractivity contribution is -0.873. The monoisotopic (exact) mass is 414 g/mol. The molecular weight excluding hydrogens is 366 g/mol. The fraction of sp³-hybridized carbons (Fsp3) is 0.917. The van der Waals surface area contributed by atoms with Crippen molar-refractivity contribution in [2.75, 3.05) is 27.7 Å². The summed E-state index contributed by atoms with van der Waals surface area (Å²) in [5, 5.41) is 9.02. The zero-order valence-electron chi connectivity index (χ0n) is 19.9. The smallest absolute Gasteiger partial charge is 0.307 e. The Labute approximate surface area is 179 Å². The van der Waals surface area contributed by atoms with Crippen LogP contribution in [0.25, 0.3) is 0 Å². The van der Waals surface area contributed by atoms with Gasteiger partial charge in [0.2, 0.25) is 0 Å². The van der Waals surface area contributed by atoms with Gasteiger partial charge in [0.1, 0.15) is 6.54 Å². The van der Waals surface area contributed by atoms with Crippen molar-refractivity contribution in [1.82, 2.24) is 0 Å². The van der Waals surface area contributed by atoms with Gasteiger partial charge in [-0.1, -0.05) is 84.5 Å². The van der Waals surface area contributed by atoms with Crippen molar-refractivity contribution >= 4 is 11.9 Å². The van der Waals surface area contributed by atoms with Crippen molar-refractivity contribution in [2.24, 2.45) is 5.92 Å². The van der Waals surface area contributed by atoms with Crippen LogP contribution in [-0.4, -0.2) is 55.3 Å². The molecule has 0 aromatic heterocycles. The molecule has 172 valence electrons. The second kappa shape index (κ2) is 16.7. The third kappa shape index (κ3) is 20.0. The molecule has 2 atom stereocenters. The lowest BCUT2D eigenvalue weighted by atomic mass is 9.96. The van der Waals surface area contributed by atoms with Crippen LogP contribution in [0, 0.1) is 5.92 Å². The summed E-state index contributed by atoms with van der Waals surface area (Å²) in [6.07, 6.45) is 14.8. The van der Waals surface area contributed by atoms with Crippen molar-refractivity contribution in [3.63, 3.8) is 0 Å². The van der Waals surface area contributed by atoms with Gasteiger partial charge in [-0.3, -0.25) is 9.59 Å². The Bertz CT molecular complexity index is 431. The molecule has 0 aromatic carbocycles. The molecule has 0 aliphatic rings. The van der Waals surface area contributed by atoms with Gasteiger partial charge in [-0.15, -0.1) is 0 Å². The number of likely N-dealkylation sites (N-methyl/N-ethyl adjacent to an activating group) is 1. The van der Waals surface area contributed by atoms with Crippen molar-refractivity contribution in [3.8, 4) is 0 Å². The molecule has 0 amide bonds. The number of hydrogen-bond acceptors (Lipinski definition) is 3. The van der Waals surface area contributed by atoms with Crippen molar-refractivity contribution < 1.29 is 23.9 Å². The van der Waals surface area contributed by atoms with E-state index in [-0.39, 0.29) is 12.4 Å². The predicted octanol–water partition coefficient (Wildman–Crippen LogP) is 5.81. The molecular formula is C24H48NO4+. The van der Waals surface area contributed by atoms with E-state index in [2.05, 4.69) is 13.8 Å². The van der Waals surface area contributed by atoms with Crippen LogP contribution in [0.1, 0.15) is 104 Å². The minimum Gasteiger partial charge on any atom is -0.481 e. The number of carbonyl (C=O) groups excluding carboxylic acids is 1. The van der Waals surface area contributed by atoms with Crippen LogP contribution in [0.3, 0.4) is 0 Å². The van der Waals surface area contributed by atoms with Crippen LogP contribution < -0.4 is 0 Å². The summed E-state index contributed by atoms with van der Waals surface area (Å²) in [4.78, 5) is 23.0. The summed E-state index contributed by atoms with van der Waals surface area (Å²) in [5.41, 5.74) is 0. The third-order valence-electron chi connectivity index (χ3n) is 5.33. The minimum atomic E-state index is -0.925. The molecule has 0 fully saturated rings. The molecule has 0 radical (unpaired) electrons. The highest BCUT2D eigenvalue weighted by atomic mass is 16.5.